The van der Waals surface area contributed by atoms with Gasteiger partial charge in [0.05, 0.1) is 12.3 Å². The zero-order chi connectivity index (χ0) is 12.8. The molecule has 0 spiro atoms. The van der Waals surface area contributed by atoms with Crippen LogP contribution in [0.1, 0.15) is 24.8 Å². The first-order valence-electron chi connectivity index (χ1n) is 6.65. The molecule has 0 aliphatic carbocycles. The molecular weight excluding hydrogens is 228 g/mol. The van der Waals surface area contributed by atoms with Gasteiger partial charge >= 0.3 is 0 Å². The second kappa shape index (κ2) is 6.66. The third-order valence-electron chi connectivity index (χ3n) is 3.25. The highest BCUT2D eigenvalue weighted by Gasteiger charge is 2.20. The van der Waals surface area contributed by atoms with E-state index in [1.165, 1.54) is 0 Å². The quantitative estimate of drug-likeness (QED) is 0.793. The number of piperidine rings is 1. The number of ether oxygens (including phenoxy) is 1. The van der Waals surface area contributed by atoms with E-state index in [1.807, 2.05) is 6.92 Å². The minimum Gasteiger partial charge on any atom is -0.378 e. The maximum absolute atomic E-state index is 5.79. The predicted octanol–water partition coefficient (Wildman–Crippen LogP) is 1.12. The lowest BCUT2D eigenvalue weighted by atomic mass is 10.1. The molecule has 2 N–H and O–H groups in total. The Balaban J connectivity index is 1.79. The smallest absolute Gasteiger partial charge is 0.151 e. The summed E-state index contributed by atoms with van der Waals surface area (Å²) in [6.07, 6.45) is 5.22. The molecule has 0 aromatic carbocycles. The summed E-state index contributed by atoms with van der Waals surface area (Å²) in [5.74, 6) is 0.982. The fraction of sp³-hybridized carbons (Fsp3) is 0.692. The van der Waals surface area contributed by atoms with E-state index in [1.54, 1.807) is 6.20 Å². The molecule has 0 atom stereocenters. The minimum atomic E-state index is 0.380. The Morgan fingerprint density at radius 1 is 1.44 bits per heavy atom. The second-order valence-electron chi connectivity index (χ2n) is 4.79. The predicted molar refractivity (Wildman–Crippen MR) is 71.6 cm³/mol. The monoisotopic (exact) mass is 250 g/mol. The topological polar surface area (TPSA) is 64.3 Å². The maximum Gasteiger partial charge on any atom is 0.151 e. The molecule has 5 nitrogen and oxygen atoms in total. The van der Waals surface area contributed by atoms with Crippen LogP contribution in [0.2, 0.25) is 0 Å². The largest absolute Gasteiger partial charge is 0.378 e. The minimum absolute atomic E-state index is 0.380. The van der Waals surface area contributed by atoms with Gasteiger partial charge in [0.15, 0.2) is 5.82 Å². The van der Waals surface area contributed by atoms with Gasteiger partial charge in [0.1, 0.15) is 0 Å². The Morgan fingerprint density at radius 2 is 2.22 bits per heavy atom. The number of nitrogens with two attached hydrogens (primary N) is 1. The number of aryl methyl sites for hydroxylation is 1. The zero-order valence-electron chi connectivity index (χ0n) is 11.0. The van der Waals surface area contributed by atoms with Crippen LogP contribution in [0.5, 0.6) is 0 Å². The molecule has 1 aliphatic rings. The molecule has 0 unspecified atom stereocenters. The second-order valence-corrected chi connectivity index (χ2v) is 4.79. The van der Waals surface area contributed by atoms with Crippen LogP contribution >= 0.6 is 0 Å². The molecule has 1 saturated heterocycles. The highest BCUT2D eigenvalue weighted by atomic mass is 16.5. The van der Waals surface area contributed by atoms with Crippen molar-refractivity contribution >= 4 is 5.82 Å². The number of hydrogen-bond acceptors (Lipinski definition) is 5. The molecule has 0 radical (unpaired) electrons. The third-order valence-corrected chi connectivity index (χ3v) is 3.25. The zero-order valence-corrected chi connectivity index (χ0v) is 11.0. The van der Waals surface area contributed by atoms with E-state index in [2.05, 4.69) is 21.2 Å². The van der Waals surface area contributed by atoms with Crippen LogP contribution < -0.4 is 10.6 Å². The fourth-order valence-corrected chi connectivity index (χ4v) is 2.19. The molecule has 1 fully saturated rings. The lowest BCUT2D eigenvalue weighted by molar-refractivity contribution is 0.0365. The van der Waals surface area contributed by atoms with Gasteiger partial charge in [0.2, 0.25) is 0 Å². The first kappa shape index (κ1) is 13.2. The molecule has 0 bridgehead atoms. The number of nitrogens with zero attached hydrogens (tertiary/aromatic N) is 3. The summed E-state index contributed by atoms with van der Waals surface area (Å²) in [7, 11) is 0. The Kier molecular flexibility index (Phi) is 4.90. The van der Waals surface area contributed by atoms with Crippen molar-refractivity contribution in [1.82, 2.24) is 10.2 Å². The Bertz CT molecular complexity index is 364. The SMILES string of the molecule is Cc1cnnc(N2CCC(OCCCN)CC2)c1. The average molecular weight is 250 g/mol. The van der Waals surface area contributed by atoms with Crippen molar-refractivity contribution < 1.29 is 4.74 Å². The van der Waals surface area contributed by atoms with Gasteiger partial charge in [-0.2, -0.15) is 5.10 Å². The van der Waals surface area contributed by atoms with Crippen molar-refractivity contribution in [3.8, 4) is 0 Å². The van der Waals surface area contributed by atoms with Gasteiger partial charge < -0.3 is 15.4 Å². The Morgan fingerprint density at radius 3 is 2.89 bits per heavy atom. The van der Waals surface area contributed by atoms with Crippen molar-refractivity contribution in [2.75, 3.05) is 31.1 Å². The summed E-state index contributed by atoms with van der Waals surface area (Å²) in [5.41, 5.74) is 6.61. The molecular formula is C13H22N4O. The lowest BCUT2D eigenvalue weighted by Gasteiger charge is -2.32. The highest BCUT2D eigenvalue weighted by Crippen LogP contribution is 2.19. The molecule has 100 valence electrons. The molecule has 5 heteroatoms. The van der Waals surface area contributed by atoms with E-state index < -0.39 is 0 Å². The Labute approximate surface area is 108 Å². The maximum atomic E-state index is 5.79. The van der Waals surface area contributed by atoms with Gasteiger partial charge in [-0.1, -0.05) is 0 Å². The van der Waals surface area contributed by atoms with E-state index in [4.69, 9.17) is 10.5 Å². The van der Waals surface area contributed by atoms with Crippen LogP contribution in [0, 0.1) is 6.92 Å². The molecule has 1 aliphatic heterocycles. The molecule has 2 heterocycles. The summed E-state index contributed by atoms with van der Waals surface area (Å²) < 4.78 is 5.79. The van der Waals surface area contributed by atoms with Crippen LogP contribution in [-0.2, 0) is 4.74 Å². The van der Waals surface area contributed by atoms with Gasteiger partial charge in [-0.05, 0) is 44.4 Å². The van der Waals surface area contributed by atoms with Crippen LogP contribution in [0.15, 0.2) is 12.3 Å². The van der Waals surface area contributed by atoms with Gasteiger partial charge in [-0.3, -0.25) is 0 Å². The van der Waals surface area contributed by atoms with Gasteiger partial charge in [-0.15, -0.1) is 5.10 Å². The van der Waals surface area contributed by atoms with Crippen molar-refractivity contribution in [1.29, 1.82) is 0 Å². The van der Waals surface area contributed by atoms with Crippen LogP contribution in [-0.4, -0.2) is 42.5 Å². The van der Waals surface area contributed by atoms with E-state index in [-0.39, 0.29) is 0 Å². The van der Waals surface area contributed by atoms with Crippen LogP contribution in [0.3, 0.4) is 0 Å². The molecule has 1 aromatic heterocycles. The summed E-state index contributed by atoms with van der Waals surface area (Å²) in [6.45, 7) is 5.51. The molecule has 1 aromatic rings. The normalized spacial score (nSPS) is 17.1. The molecule has 0 amide bonds. The number of anilines is 1. The summed E-state index contributed by atoms with van der Waals surface area (Å²) in [4.78, 5) is 2.28. The number of hydrogen-bond donors (Lipinski definition) is 1. The van der Waals surface area contributed by atoms with Gasteiger partial charge in [-0.25, -0.2) is 0 Å². The summed E-state index contributed by atoms with van der Waals surface area (Å²) in [6, 6.07) is 2.09. The van der Waals surface area contributed by atoms with Gasteiger partial charge in [0, 0.05) is 19.7 Å². The van der Waals surface area contributed by atoms with Crippen molar-refractivity contribution in [2.45, 2.75) is 32.3 Å². The van der Waals surface area contributed by atoms with Crippen molar-refractivity contribution in [2.24, 2.45) is 5.73 Å². The standard InChI is InChI=1S/C13H22N4O/c1-11-9-13(16-15-10-11)17-6-3-12(4-7-17)18-8-2-5-14/h9-10,12H,2-8,14H2,1H3. The average Bonchev–Trinajstić information content (AvgIpc) is 2.40. The molecule has 18 heavy (non-hydrogen) atoms. The lowest BCUT2D eigenvalue weighted by Crippen LogP contribution is -2.37. The van der Waals surface area contributed by atoms with Gasteiger partial charge in [0.25, 0.3) is 0 Å². The molecule has 0 saturated carbocycles. The van der Waals surface area contributed by atoms with Crippen molar-refractivity contribution in [3.05, 3.63) is 17.8 Å². The van der Waals surface area contributed by atoms with Crippen molar-refractivity contribution in [3.63, 3.8) is 0 Å². The van der Waals surface area contributed by atoms with E-state index >= 15 is 0 Å². The number of aromatic nitrogens is 2. The van der Waals surface area contributed by atoms with E-state index in [0.29, 0.717) is 12.6 Å². The third kappa shape index (κ3) is 3.65. The number of rotatable bonds is 5. The molecule has 2 rings (SSSR count). The van der Waals surface area contributed by atoms with E-state index in [0.717, 1.165) is 50.3 Å². The van der Waals surface area contributed by atoms with Crippen LogP contribution in [0.4, 0.5) is 5.82 Å². The first-order chi connectivity index (χ1) is 8.79. The Hall–Kier alpha value is -1.20. The van der Waals surface area contributed by atoms with Crippen LogP contribution in [0.25, 0.3) is 0 Å². The summed E-state index contributed by atoms with van der Waals surface area (Å²) in [5, 5.41) is 8.18. The highest BCUT2D eigenvalue weighted by molar-refractivity contribution is 5.39. The summed E-state index contributed by atoms with van der Waals surface area (Å²) >= 11 is 0. The first-order valence-corrected chi connectivity index (χ1v) is 6.65. The fourth-order valence-electron chi connectivity index (χ4n) is 2.19. The van der Waals surface area contributed by atoms with E-state index in [9.17, 15) is 0 Å².